The molecule has 1 rings (SSSR count). The zero-order chi connectivity index (χ0) is 12.9. The summed E-state index contributed by atoms with van der Waals surface area (Å²) in [7, 11) is 0. The predicted molar refractivity (Wildman–Crippen MR) is 72.2 cm³/mol. The van der Waals surface area contributed by atoms with Crippen LogP contribution in [0.25, 0.3) is 0 Å². The van der Waals surface area contributed by atoms with Crippen LogP contribution in [0.4, 0.5) is 0 Å². The first kappa shape index (κ1) is 13.8. The van der Waals surface area contributed by atoms with Crippen molar-refractivity contribution in [3.8, 4) is 0 Å². The van der Waals surface area contributed by atoms with Crippen molar-refractivity contribution in [1.29, 1.82) is 0 Å². The summed E-state index contributed by atoms with van der Waals surface area (Å²) in [6.45, 7) is 9.18. The average Bonchev–Trinajstić information content (AvgIpc) is 2.26. The van der Waals surface area contributed by atoms with E-state index < -0.39 is 0 Å². The topological polar surface area (TPSA) is 29.1 Å². The van der Waals surface area contributed by atoms with Crippen LogP contribution in [0, 0.1) is 5.41 Å². The van der Waals surface area contributed by atoms with E-state index in [9.17, 15) is 4.79 Å². The molecule has 0 bridgehead atoms. The minimum Gasteiger partial charge on any atom is -0.352 e. The number of carbonyl (C=O) groups is 1. The van der Waals surface area contributed by atoms with Crippen molar-refractivity contribution < 1.29 is 4.79 Å². The number of aryl methyl sites for hydroxylation is 1. The molecule has 0 aliphatic heterocycles. The van der Waals surface area contributed by atoms with Crippen molar-refractivity contribution in [2.24, 2.45) is 5.41 Å². The summed E-state index contributed by atoms with van der Waals surface area (Å²) in [5.41, 5.74) is 2.12. The highest BCUT2D eigenvalue weighted by Crippen LogP contribution is 2.12. The molecule has 0 unspecified atom stereocenters. The van der Waals surface area contributed by atoms with Crippen molar-refractivity contribution in [3.05, 3.63) is 35.4 Å². The Hall–Kier alpha value is -1.31. The van der Waals surface area contributed by atoms with Crippen LogP contribution in [0.1, 0.15) is 50.0 Å². The normalized spacial score (nSPS) is 11.3. The number of nitrogens with one attached hydrogen (secondary N) is 1. The lowest BCUT2D eigenvalue weighted by molar-refractivity contribution is 0.0939. The van der Waals surface area contributed by atoms with Crippen molar-refractivity contribution in [2.45, 2.75) is 40.5 Å². The summed E-state index contributed by atoms with van der Waals surface area (Å²) in [6, 6.07) is 7.89. The summed E-state index contributed by atoms with van der Waals surface area (Å²) in [4.78, 5) is 11.9. The SMILES string of the molecule is CCCc1cccc(C(=O)NCC(C)(C)C)c1. The molecule has 1 N–H and O–H groups in total. The molecule has 0 aliphatic carbocycles. The molecule has 0 heterocycles. The van der Waals surface area contributed by atoms with Gasteiger partial charge in [-0.15, -0.1) is 0 Å². The maximum absolute atomic E-state index is 11.9. The Labute approximate surface area is 104 Å². The fourth-order valence-corrected chi connectivity index (χ4v) is 1.60. The van der Waals surface area contributed by atoms with Crippen LogP contribution in [0.2, 0.25) is 0 Å². The third-order valence-corrected chi connectivity index (χ3v) is 2.51. The van der Waals surface area contributed by atoms with Crippen LogP contribution >= 0.6 is 0 Å². The third kappa shape index (κ3) is 5.03. The second-order valence-electron chi connectivity index (χ2n) is 5.69. The van der Waals surface area contributed by atoms with Gasteiger partial charge < -0.3 is 5.32 Å². The van der Waals surface area contributed by atoms with E-state index in [0.29, 0.717) is 6.54 Å². The van der Waals surface area contributed by atoms with Gasteiger partial charge in [-0.3, -0.25) is 4.79 Å². The standard InChI is InChI=1S/C15H23NO/c1-5-7-12-8-6-9-13(10-12)14(17)16-11-15(2,3)4/h6,8-10H,5,7,11H2,1-4H3,(H,16,17). The second kappa shape index (κ2) is 5.85. The van der Waals surface area contributed by atoms with E-state index in [0.717, 1.165) is 18.4 Å². The van der Waals surface area contributed by atoms with Gasteiger partial charge in [-0.05, 0) is 29.5 Å². The van der Waals surface area contributed by atoms with E-state index in [1.807, 2.05) is 18.2 Å². The lowest BCUT2D eigenvalue weighted by Crippen LogP contribution is -2.32. The minimum absolute atomic E-state index is 0.0258. The molecule has 17 heavy (non-hydrogen) atoms. The summed E-state index contributed by atoms with van der Waals surface area (Å²) >= 11 is 0. The van der Waals surface area contributed by atoms with Gasteiger partial charge >= 0.3 is 0 Å². The first-order chi connectivity index (χ1) is 7.92. The molecule has 1 aromatic rings. The van der Waals surface area contributed by atoms with Gasteiger partial charge in [-0.1, -0.05) is 46.2 Å². The average molecular weight is 233 g/mol. The molecule has 0 aromatic heterocycles. The molecule has 0 atom stereocenters. The largest absolute Gasteiger partial charge is 0.352 e. The molecule has 2 nitrogen and oxygen atoms in total. The highest BCUT2D eigenvalue weighted by Gasteiger charge is 2.13. The maximum Gasteiger partial charge on any atom is 0.251 e. The molecule has 0 aliphatic rings. The van der Waals surface area contributed by atoms with Crippen LogP contribution in [0.3, 0.4) is 0 Å². The first-order valence-electron chi connectivity index (χ1n) is 6.29. The van der Waals surface area contributed by atoms with Crippen LogP contribution in [0.5, 0.6) is 0 Å². The lowest BCUT2D eigenvalue weighted by Gasteiger charge is -2.18. The first-order valence-corrected chi connectivity index (χ1v) is 6.29. The van der Waals surface area contributed by atoms with Gasteiger partial charge in [0.25, 0.3) is 5.91 Å². The van der Waals surface area contributed by atoms with Crippen molar-refractivity contribution in [3.63, 3.8) is 0 Å². The van der Waals surface area contributed by atoms with Crippen LogP contribution in [-0.4, -0.2) is 12.5 Å². The van der Waals surface area contributed by atoms with Crippen LogP contribution in [0.15, 0.2) is 24.3 Å². The van der Waals surface area contributed by atoms with Gasteiger partial charge in [-0.25, -0.2) is 0 Å². The van der Waals surface area contributed by atoms with Crippen molar-refractivity contribution >= 4 is 5.91 Å². The molecule has 1 aromatic carbocycles. The Morgan fingerprint density at radius 2 is 2.00 bits per heavy atom. The van der Waals surface area contributed by atoms with E-state index in [4.69, 9.17) is 0 Å². The summed E-state index contributed by atoms with van der Waals surface area (Å²) in [5.74, 6) is 0.0258. The smallest absolute Gasteiger partial charge is 0.251 e. The number of hydrogen-bond donors (Lipinski definition) is 1. The van der Waals surface area contributed by atoms with Gasteiger partial charge in [-0.2, -0.15) is 0 Å². The fourth-order valence-electron chi connectivity index (χ4n) is 1.60. The zero-order valence-electron chi connectivity index (χ0n) is 11.3. The van der Waals surface area contributed by atoms with Gasteiger partial charge in [0.1, 0.15) is 0 Å². The Morgan fingerprint density at radius 3 is 2.59 bits per heavy atom. The highest BCUT2D eigenvalue weighted by atomic mass is 16.1. The Kier molecular flexibility index (Phi) is 4.73. The van der Waals surface area contributed by atoms with Crippen molar-refractivity contribution in [2.75, 3.05) is 6.54 Å². The molecule has 0 saturated carbocycles. The van der Waals surface area contributed by atoms with E-state index in [-0.39, 0.29) is 11.3 Å². The quantitative estimate of drug-likeness (QED) is 0.848. The third-order valence-electron chi connectivity index (χ3n) is 2.51. The monoisotopic (exact) mass is 233 g/mol. The maximum atomic E-state index is 11.9. The Morgan fingerprint density at radius 1 is 1.29 bits per heavy atom. The molecule has 0 saturated heterocycles. The number of benzene rings is 1. The van der Waals surface area contributed by atoms with Gasteiger partial charge in [0.05, 0.1) is 0 Å². The summed E-state index contributed by atoms with van der Waals surface area (Å²) in [5, 5.41) is 2.97. The molecule has 94 valence electrons. The van der Waals surface area contributed by atoms with Crippen molar-refractivity contribution in [1.82, 2.24) is 5.32 Å². The Bertz CT molecular complexity index is 377. The number of carbonyl (C=O) groups excluding carboxylic acids is 1. The van der Waals surface area contributed by atoms with Gasteiger partial charge in [0.2, 0.25) is 0 Å². The summed E-state index contributed by atoms with van der Waals surface area (Å²) < 4.78 is 0. The van der Waals surface area contributed by atoms with E-state index in [1.165, 1.54) is 5.56 Å². The van der Waals surface area contributed by atoms with Crippen LogP contribution < -0.4 is 5.32 Å². The predicted octanol–water partition coefficient (Wildman–Crippen LogP) is 3.42. The molecule has 0 radical (unpaired) electrons. The number of hydrogen-bond acceptors (Lipinski definition) is 1. The van der Waals surface area contributed by atoms with Crippen LogP contribution in [-0.2, 0) is 6.42 Å². The fraction of sp³-hybridized carbons (Fsp3) is 0.533. The molecular formula is C15H23NO. The number of amides is 1. The molecular weight excluding hydrogens is 210 g/mol. The molecule has 0 spiro atoms. The lowest BCUT2D eigenvalue weighted by atomic mass is 9.97. The molecule has 2 heteroatoms. The molecule has 0 fully saturated rings. The van der Waals surface area contributed by atoms with Gasteiger partial charge in [0, 0.05) is 12.1 Å². The zero-order valence-corrected chi connectivity index (χ0v) is 11.3. The number of rotatable bonds is 4. The second-order valence-corrected chi connectivity index (χ2v) is 5.69. The van der Waals surface area contributed by atoms with E-state index in [1.54, 1.807) is 0 Å². The minimum atomic E-state index is 0.0258. The van der Waals surface area contributed by atoms with E-state index >= 15 is 0 Å². The van der Waals surface area contributed by atoms with E-state index in [2.05, 4.69) is 39.1 Å². The Balaban J connectivity index is 2.65. The van der Waals surface area contributed by atoms with Gasteiger partial charge in [0.15, 0.2) is 0 Å². The molecule has 1 amide bonds. The summed E-state index contributed by atoms with van der Waals surface area (Å²) in [6.07, 6.45) is 2.13. The highest BCUT2D eigenvalue weighted by molar-refractivity contribution is 5.94.